The summed E-state index contributed by atoms with van der Waals surface area (Å²) in [6, 6.07) is 9.48. The molecule has 156 valence electrons. The third-order valence-corrected chi connectivity index (χ3v) is 6.16. The summed E-state index contributed by atoms with van der Waals surface area (Å²) in [5, 5.41) is 2.92. The van der Waals surface area contributed by atoms with E-state index in [-0.39, 0.29) is 11.3 Å². The molecule has 2 aromatic rings. The van der Waals surface area contributed by atoms with Crippen LogP contribution in [0.1, 0.15) is 17.5 Å². The summed E-state index contributed by atoms with van der Waals surface area (Å²) < 4.78 is 34.7. The summed E-state index contributed by atoms with van der Waals surface area (Å²) in [5.74, 6) is -1.40. The Hall–Kier alpha value is -2.58. The number of carbonyl (C=O) groups is 2. The maximum atomic E-state index is 12.4. The fourth-order valence-electron chi connectivity index (χ4n) is 2.43. The molecule has 0 aliphatic rings. The first-order valence-electron chi connectivity index (χ1n) is 8.71. The number of ether oxygens (including phenoxy) is 2. The Balaban J connectivity index is 1.87. The van der Waals surface area contributed by atoms with E-state index in [4.69, 9.17) is 21.1 Å². The number of rotatable bonds is 8. The zero-order chi connectivity index (χ0) is 21.6. The number of halogens is 1. The van der Waals surface area contributed by atoms with Gasteiger partial charge in [0.05, 0.1) is 29.9 Å². The van der Waals surface area contributed by atoms with Gasteiger partial charge in [-0.1, -0.05) is 17.7 Å². The number of anilines is 1. The van der Waals surface area contributed by atoms with Crippen molar-refractivity contribution >= 4 is 39.0 Å². The van der Waals surface area contributed by atoms with E-state index in [9.17, 15) is 18.0 Å². The molecule has 7 nitrogen and oxygen atoms in total. The summed E-state index contributed by atoms with van der Waals surface area (Å²) in [5.41, 5.74) is 2.16. The van der Waals surface area contributed by atoms with Crippen molar-refractivity contribution in [1.29, 1.82) is 0 Å². The average molecular weight is 440 g/mol. The molecule has 29 heavy (non-hydrogen) atoms. The molecule has 2 rings (SSSR count). The number of aryl methyl sites for hydroxylation is 2. The Bertz CT molecular complexity index is 1020. The van der Waals surface area contributed by atoms with Gasteiger partial charge in [0.25, 0.3) is 5.91 Å². The molecule has 2 aromatic carbocycles. The van der Waals surface area contributed by atoms with E-state index in [1.165, 1.54) is 19.2 Å². The fourth-order valence-corrected chi connectivity index (χ4v) is 3.90. The Kier molecular flexibility index (Phi) is 7.64. The van der Waals surface area contributed by atoms with Crippen LogP contribution in [0.4, 0.5) is 5.69 Å². The molecule has 0 radical (unpaired) electrons. The highest BCUT2D eigenvalue weighted by atomic mass is 35.5. The van der Waals surface area contributed by atoms with Gasteiger partial charge in [0.15, 0.2) is 16.4 Å². The summed E-state index contributed by atoms with van der Waals surface area (Å²) in [4.78, 5) is 24.0. The summed E-state index contributed by atoms with van der Waals surface area (Å²) in [6.45, 7) is 3.14. The Morgan fingerprint density at radius 3 is 2.45 bits per heavy atom. The second kappa shape index (κ2) is 9.76. The molecule has 0 saturated heterocycles. The molecule has 0 aromatic heterocycles. The lowest BCUT2D eigenvalue weighted by molar-refractivity contribution is -0.146. The van der Waals surface area contributed by atoms with Crippen molar-refractivity contribution in [3.05, 3.63) is 52.5 Å². The predicted molar refractivity (Wildman–Crippen MR) is 110 cm³/mol. The maximum Gasteiger partial charge on any atom is 0.307 e. The van der Waals surface area contributed by atoms with Crippen LogP contribution in [0.5, 0.6) is 5.75 Å². The van der Waals surface area contributed by atoms with Gasteiger partial charge >= 0.3 is 5.97 Å². The molecule has 9 heteroatoms. The number of esters is 1. The fraction of sp³-hybridized carbons (Fsp3) is 0.300. The molecular weight excluding hydrogens is 418 g/mol. The molecule has 1 amide bonds. The minimum atomic E-state index is -3.63. The Labute approximate surface area is 174 Å². The van der Waals surface area contributed by atoms with Crippen LogP contribution in [0.2, 0.25) is 5.02 Å². The normalized spacial score (nSPS) is 11.0. The lowest BCUT2D eigenvalue weighted by atomic mass is 10.1. The molecule has 0 atom stereocenters. The van der Waals surface area contributed by atoms with Gasteiger partial charge in [0, 0.05) is 5.02 Å². The van der Waals surface area contributed by atoms with Gasteiger partial charge in [-0.05, 0) is 55.3 Å². The van der Waals surface area contributed by atoms with E-state index in [1.54, 1.807) is 24.3 Å². The van der Waals surface area contributed by atoms with Crippen molar-refractivity contribution in [3.63, 3.8) is 0 Å². The molecule has 0 aliphatic heterocycles. The Morgan fingerprint density at radius 1 is 1.07 bits per heavy atom. The SMILES string of the molecule is COc1ccc(Cl)cc1NC(=O)COC(=O)CCS(=O)(=O)c1ccc(C)c(C)c1. The molecule has 0 heterocycles. The van der Waals surface area contributed by atoms with Gasteiger partial charge in [-0.3, -0.25) is 9.59 Å². The van der Waals surface area contributed by atoms with Crippen LogP contribution in [0.15, 0.2) is 41.3 Å². The van der Waals surface area contributed by atoms with Crippen LogP contribution in [0, 0.1) is 13.8 Å². The summed E-state index contributed by atoms with van der Waals surface area (Å²) >= 11 is 5.89. The highest BCUT2D eigenvalue weighted by Gasteiger charge is 2.18. The van der Waals surface area contributed by atoms with Crippen LogP contribution in [0.3, 0.4) is 0 Å². The molecule has 0 saturated carbocycles. The zero-order valence-electron chi connectivity index (χ0n) is 16.3. The topological polar surface area (TPSA) is 98.8 Å². The van der Waals surface area contributed by atoms with Gasteiger partial charge < -0.3 is 14.8 Å². The third-order valence-electron chi connectivity index (χ3n) is 4.21. The number of methoxy groups -OCH3 is 1. The summed E-state index contributed by atoms with van der Waals surface area (Å²) in [7, 11) is -2.19. The van der Waals surface area contributed by atoms with Crippen molar-refractivity contribution in [1.82, 2.24) is 0 Å². The van der Waals surface area contributed by atoms with Gasteiger partial charge in [-0.15, -0.1) is 0 Å². The maximum absolute atomic E-state index is 12.4. The highest BCUT2D eigenvalue weighted by molar-refractivity contribution is 7.91. The van der Waals surface area contributed by atoms with E-state index in [1.807, 2.05) is 13.8 Å². The number of nitrogens with one attached hydrogen (secondary N) is 1. The van der Waals surface area contributed by atoms with Crippen LogP contribution in [-0.4, -0.2) is 39.8 Å². The van der Waals surface area contributed by atoms with Crippen molar-refractivity contribution in [3.8, 4) is 5.75 Å². The Morgan fingerprint density at radius 2 is 1.79 bits per heavy atom. The minimum absolute atomic E-state index is 0.152. The number of benzene rings is 2. The molecule has 0 aliphatic carbocycles. The smallest absolute Gasteiger partial charge is 0.307 e. The molecule has 0 fully saturated rings. The van der Waals surface area contributed by atoms with E-state index in [0.29, 0.717) is 16.5 Å². The second-order valence-electron chi connectivity index (χ2n) is 6.37. The van der Waals surface area contributed by atoms with Gasteiger partial charge in [-0.2, -0.15) is 0 Å². The number of hydrogen-bond donors (Lipinski definition) is 1. The minimum Gasteiger partial charge on any atom is -0.495 e. The highest BCUT2D eigenvalue weighted by Crippen LogP contribution is 2.27. The van der Waals surface area contributed by atoms with Gasteiger partial charge in [0.2, 0.25) is 0 Å². The summed E-state index contributed by atoms with van der Waals surface area (Å²) in [6.07, 6.45) is -0.358. The number of sulfone groups is 1. The van der Waals surface area contributed by atoms with Crippen molar-refractivity contribution in [2.24, 2.45) is 0 Å². The van der Waals surface area contributed by atoms with Crippen LogP contribution in [0.25, 0.3) is 0 Å². The lowest BCUT2D eigenvalue weighted by Crippen LogP contribution is -2.22. The van der Waals surface area contributed by atoms with E-state index in [2.05, 4.69) is 5.32 Å². The zero-order valence-corrected chi connectivity index (χ0v) is 17.9. The second-order valence-corrected chi connectivity index (χ2v) is 8.91. The quantitative estimate of drug-likeness (QED) is 0.633. The monoisotopic (exact) mass is 439 g/mol. The van der Waals surface area contributed by atoms with E-state index in [0.717, 1.165) is 11.1 Å². The number of carbonyl (C=O) groups excluding carboxylic acids is 2. The van der Waals surface area contributed by atoms with Gasteiger partial charge in [-0.25, -0.2) is 8.42 Å². The number of amides is 1. The van der Waals surface area contributed by atoms with Crippen molar-refractivity contribution < 1.29 is 27.5 Å². The first kappa shape index (κ1) is 22.7. The van der Waals surface area contributed by atoms with Crippen molar-refractivity contribution in [2.45, 2.75) is 25.2 Å². The third kappa shape index (κ3) is 6.47. The van der Waals surface area contributed by atoms with E-state index >= 15 is 0 Å². The molecular formula is C20H22ClNO6S. The molecule has 0 unspecified atom stereocenters. The van der Waals surface area contributed by atoms with Crippen molar-refractivity contribution in [2.75, 3.05) is 24.8 Å². The largest absolute Gasteiger partial charge is 0.495 e. The van der Waals surface area contributed by atoms with E-state index < -0.39 is 34.1 Å². The van der Waals surface area contributed by atoms with Crippen LogP contribution >= 0.6 is 11.6 Å². The molecule has 0 bridgehead atoms. The van der Waals surface area contributed by atoms with Gasteiger partial charge in [0.1, 0.15) is 5.75 Å². The standard InChI is InChI=1S/C20H22ClNO6S/c1-13-4-6-16(10-14(13)2)29(25,26)9-8-20(24)28-12-19(23)22-17-11-15(21)5-7-18(17)27-3/h4-7,10-11H,8-9,12H2,1-3H3,(H,22,23). The molecule has 1 N–H and O–H groups in total. The lowest BCUT2D eigenvalue weighted by Gasteiger charge is -2.11. The van der Waals surface area contributed by atoms with Crippen LogP contribution < -0.4 is 10.1 Å². The predicted octanol–water partition coefficient (Wildman–Crippen LogP) is 3.31. The van der Waals surface area contributed by atoms with Crippen LogP contribution in [-0.2, 0) is 24.2 Å². The average Bonchev–Trinajstić information content (AvgIpc) is 2.67. The molecule has 0 spiro atoms. The first-order chi connectivity index (χ1) is 13.6. The number of hydrogen-bond acceptors (Lipinski definition) is 6. The first-order valence-corrected chi connectivity index (χ1v) is 10.7.